The van der Waals surface area contributed by atoms with Gasteiger partial charge in [-0.2, -0.15) is 0 Å². The van der Waals surface area contributed by atoms with E-state index < -0.39 is 104 Å². The van der Waals surface area contributed by atoms with Crippen LogP contribution in [0, 0.1) is 6.85 Å². The summed E-state index contributed by atoms with van der Waals surface area (Å²) in [6.07, 6.45) is 1.20. The molecule has 1 spiro atoms. The number of nitrogens with zero attached hydrogens (tertiary/aromatic N) is 3. The number of aromatic nitrogens is 1. The van der Waals surface area contributed by atoms with E-state index in [0.29, 0.717) is 39.4 Å². The van der Waals surface area contributed by atoms with Crippen molar-refractivity contribution in [2.24, 2.45) is 0 Å². The third kappa shape index (κ3) is 5.76. The van der Waals surface area contributed by atoms with Gasteiger partial charge in [-0.15, -0.1) is 4.57 Å². The van der Waals surface area contributed by atoms with Gasteiger partial charge in [0.1, 0.15) is 17.5 Å². The van der Waals surface area contributed by atoms with Crippen molar-refractivity contribution in [3.05, 3.63) is 172 Å². The van der Waals surface area contributed by atoms with Gasteiger partial charge in [-0.1, -0.05) is 160 Å². The average Bonchev–Trinajstić information content (AvgIpc) is 1.55. The number of pyridine rings is 1. The summed E-state index contributed by atoms with van der Waals surface area (Å²) in [5.41, 5.74) is 0.416. The van der Waals surface area contributed by atoms with E-state index in [9.17, 15) is 15.1 Å². The largest absolute Gasteiger partial charge is 0.432 e. The second-order valence-corrected chi connectivity index (χ2v) is 19.4. The van der Waals surface area contributed by atoms with Crippen LogP contribution in [0.15, 0.2) is 133 Å². The molecular weight excluding hydrogens is 779 g/mol. The summed E-state index contributed by atoms with van der Waals surface area (Å²) in [5.74, 6) is -2.35. The van der Waals surface area contributed by atoms with Gasteiger partial charge in [0.25, 0.3) is 0 Å². The van der Waals surface area contributed by atoms with E-state index >= 15 is 0 Å². The third-order valence-corrected chi connectivity index (χ3v) is 13.7. The van der Waals surface area contributed by atoms with Crippen molar-refractivity contribution in [1.82, 2.24) is 0 Å². The maximum Gasteiger partial charge on any atom is 0.432 e. The summed E-state index contributed by atoms with van der Waals surface area (Å²) >= 11 is 0. The van der Waals surface area contributed by atoms with Gasteiger partial charge in [0, 0.05) is 60.5 Å². The lowest BCUT2D eigenvalue weighted by atomic mass is 9.77. The van der Waals surface area contributed by atoms with Crippen molar-refractivity contribution >= 4 is 17.1 Å². The molecule has 11 rings (SSSR count). The minimum Gasteiger partial charge on any atom is -0.410 e. The number of benzene rings is 6. The maximum atomic E-state index is 9.25. The van der Waals surface area contributed by atoms with Crippen LogP contribution in [0.5, 0.6) is 5.75 Å². The normalized spacial score (nSPS) is 23.6. The molecule has 0 bridgehead atoms. The van der Waals surface area contributed by atoms with Crippen molar-refractivity contribution in [3.8, 4) is 50.4 Å². The Morgan fingerprint density at radius 2 is 1.45 bits per heavy atom. The lowest BCUT2D eigenvalue weighted by molar-refractivity contribution is -0.774. The Balaban J connectivity index is 1.37. The molecule has 3 unspecified atom stereocenters. The molecule has 4 aliphatic rings. The second-order valence-electron chi connectivity index (χ2n) is 19.4. The first-order chi connectivity index (χ1) is 38.3. The first-order valence-corrected chi connectivity index (χ1v) is 21.9. The van der Waals surface area contributed by atoms with E-state index in [0.717, 1.165) is 40.3 Å². The maximum absolute atomic E-state index is 9.25. The predicted octanol–water partition coefficient (Wildman–Crippen LogP) is 15.4. The van der Waals surface area contributed by atoms with Gasteiger partial charge in [-0.25, -0.2) is 4.90 Å². The van der Waals surface area contributed by atoms with E-state index in [2.05, 4.69) is 24.8 Å². The predicted molar refractivity (Wildman–Crippen MR) is 266 cm³/mol. The SMILES string of the molecule is [2H]c1c([2H])c(C([2H])([2H])[2H])c([2H])c([2H])c1-c1cc[n+]2c(c1)-c1cc(C(C)(C)C)cc3c1C21Oc2c(cc(C(C)(C)C([2H])([2H])[2H])cc2C(C([2H])([2H])[2H])(C([2H])([2H])[2H])C([2H])([2H])[2H])C2N(c4ccc(C(C)CC)cc4-c4ccccc4)c4cccc-3c4N21. The Morgan fingerprint density at radius 1 is 0.703 bits per heavy atom. The molecule has 0 saturated heterocycles. The molecule has 0 amide bonds. The molecular formula is C60H62N3O+. The molecule has 4 aliphatic heterocycles. The van der Waals surface area contributed by atoms with Gasteiger partial charge < -0.3 is 9.64 Å². The summed E-state index contributed by atoms with van der Waals surface area (Å²) in [6, 6.07) is 29.0. The smallest absolute Gasteiger partial charge is 0.410 e. The molecule has 4 nitrogen and oxygen atoms in total. The lowest BCUT2D eigenvalue weighted by Gasteiger charge is -2.49. The fourth-order valence-electron chi connectivity index (χ4n) is 10.2. The molecule has 0 radical (unpaired) electrons. The van der Waals surface area contributed by atoms with Gasteiger partial charge in [0.2, 0.25) is 5.69 Å². The highest BCUT2D eigenvalue weighted by molar-refractivity contribution is 6.03. The number of hydrogen-bond donors (Lipinski definition) is 0. The molecule has 5 heterocycles. The van der Waals surface area contributed by atoms with Crippen molar-refractivity contribution in [2.75, 3.05) is 9.80 Å². The van der Waals surface area contributed by atoms with Gasteiger partial charge >= 0.3 is 5.85 Å². The Bertz CT molecular complexity index is 3800. The molecule has 0 N–H and O–H groups in total. The van der Waals surface area contributed by atoms with E-state index in [1.54, 1.807) is 29.0 Å². The molecule has 322 valence electrons. The first-order valence-electron chi connectivity index (χ1n) is 31.4. The summed E-state index contributed by atoms with van der Waals surface area (Å²) in [7, 11) is 0. The van der Waals surface area contributed by atoms with Gasteiger partial charge in [0.05, 0.1) is 28.1 Å². The van der Waals surface area contributed by atoms with Crippen LogP contribution in [-0.4, -0.2) is 0 Å². The quantitative estimate of drug-likeness (QED) is 0.161. The number of rotatable bonds is 5. The van der Waals surface area contributed by atoms with Crippen LogP contribution in [0.3, 0.4) is 0 Å². The van der Waals surface area contributed by atoms with E-state index in [1.807, 2.05) is 98.5 Å². The Morgan fingerprint density at radius 3 is 2.17 bits per heavy atom. The van der Waals surface area contributed by atoms with Gasteiger partial charge in [0.15, 0.2) is 6.20 Å². The molecule has 7 aromatic rings. The molecule has 0 aliphatic carbocycles. The summed E-state index contributed by atoms with van der Waals surface area (Å²) < 4.78 is 180. The van der Waals surface area contributed by atoms with E-state index in [-0.39, 0.29) is 28.2 Å². The van der Waals surface area contributed by atoms with Crippen molar-refractivity contribution in [2.45, 2.75) is 123 Å². The van der Waals surface area contributed by atoms with Crippen LogP contribution in [0.2, 0.25) is 0 Å². The highest BCUT2D eigenvalue weighted by Gasteiger charge is 2.70. The van der Waals surface area contributed by atoms with Crippen molar-refractivity contribution in [1.29, 1.82) is 0 Å². The number of hydrogen-bond acceptors (Lipinski definition) is 3. The number of anilines is 3. The van der Waals surface area contributed by atoms with E-state index in [1.165, 1.54) is 13.8 Å². The Labute approximate surface area is 407 Å². The summed E-state index contributed by atoms with van der Waals surface area (Å²) in [6.45, 7) is -4.17. The average molecular weight is 860 g/mol. The highest BCUT2D eigenvalue weighted by Crippen LogP contribution is 2.68. The monoisotopic (exact) mass is 860 g/mol. The molecule has 3 atom stereocenters. The second kappa shape index (κ2) is 13.7. The Kier molecular flexibility index (Phi) is 5.31. The topological polar surface area (TPSA) is 19.6 Å². The molecule has 0 saturated carbocycles. The molecule has 4 heteroatoms. The van der Waals surface area contributed by atoms with Crippen LogP contribution < -0.4 is 19.1 Å². The van der Waals surface area contributed by atoms with Crippen LogP contribution in [0.1, 0.15) is 159 Å². The molecule has 1 aromatic heterocycles. The first kappa shape index (κ1) is 24.8. The van der Waals surface area contributed by atoms with Crippen LogP contribution in [0.4, 0.5) is 17.1 Å². The zero-order valence-corrected chi connectivity index (χ0v) is 37.0. The minimum atomic E-state index is -3.85. The molecule has 64 heavy (non-hydrogen) atoms. The zero-order chi connectivity index (χ0) is 60.8. The number of para-hydroxylation sites is 1. The van der Waals surface area contributed by atoms with Gasteiger partial charge in [-0.05, 0) is 105 Å². The fraction of sp³-hybridized carbons (Fsp3) is 0.317. The molecule has 0 fully saturated rings. The van der Waals surface area contributed by atoms with Crippen LogP contribution in [0.25, 0.3) is 44.6 Å². The summed E-state index contributed by atoms with van der Waals surface area (Å²) in [5, 5.41) is 0. The van der Waals surface area contributed by atoms with Crippen LogP contribution in [-0.2, 0) is 22.1 Å². The minimum absolute atomic E-state index is 0.0686. The Hall–Kier alpha value is -6.13. The van der Waals surface area contributed by atoms with E-state index in [4.69, 9.17) is 15.7 Å². The third-order valence-electron chi connectivity index (χ3n) is 13.7. The van der Waals surface area contributed by atoms with Crippen molar-refractivity contribution in [3.63, 3.8) is 0 Å². The number of fused-ring (bicyclic) bond motifs is 5. The highest BCUT2D eigenvalue weighted by atomic mass is 16.5. The number of ether oxygens (including phenoxy) is 1. The van der Waals surface area contributed by atoms with Gasteiger partial charge in [-0.3, -0.25) is 0 Å². The summed E-state index contributed by atoms with van der Waals surface area (Å²) in [4.78, 5) is 4.07. The fourth-order valence-corrected chi connectivity index (χ4v) is 10.2. The lowest BCUT2D eigenvalue weighted by Crippen LogP contribution is -2.71. The zero-order valence-electron chi connectivity index (χ0n) is 56.0. The van der Waals surface area contributed by atoms with Crippen LogP contribution >= 0.6 is 0 Å². The molecule has 6 aromatic carbocycles. The standard InChI is InChI=1S/C60H62N3O/c1-13-37(3)40-26-27-50(45(30-40)39-18-15-14-16-19-39)62-51-21-17-20-44-46-32-42(57(4,5)6)33-47-52-31-41(38-24-22-36(2)23-25-38)28-29-61(52)60(53(46)47)63(54(44)51)56(62)48-34-43(58(7,8)9)35-49(55(48)64-60)59(10,11)12/h14-35,37,56H,13H2,1-12H3/q+1/i2D3,7D3,10D3,11D3,12D3,22D,23D,24D,25D. The van der Waals surface area contributed by atoms with Crippen molar-refractivity contribution < 1.29 is 35.3 Å².